The van der Waals surface area contributed by atoms with Gasteiger partial charge >= 0.3 is 0 Å². The summed E-state index contributed by atoms with van der Waals surface area (Å²) in [5, 5.41) is 2.99. The third-order valence-electron chi connectivity index (χ3n) is 4.16. The van der Waals surface area contributed by atoms with Crippen molar-refractivity contribution in [2.24, 2.45) is 5.41 Å². The molecule has 1 rings (SSSR count). The number of likely N-dealkylation sites (N-methyl/N-ethyl adjacent to an activating group) is 1. The summed E-state index contributed by atoms with van der Waals surface area (Å²) in [6, 6.07) is 5.88. The van der Waals surface area contributed by atoms with Gasteiger partial charge in [0.1, 0.15) is 0 Å². The molecular weight excluding hydrogens is 340 g/mol. The van der Waals surface area contributed by atoms with E-state index < -0.39 is 0 Å². The van der Waals surface area contributed by atoms with Crippen LogP contribution in [0.25, 0.3) is 0 Å². The van der Waals surface area contributed by atoms with Gasteiger partial charge in [0.25, 0.3) is 0 Å². The fourth-order valence-electron chi connectivity index (χ4n) is 2.79. The molecule has 6 nitrogen and oxygen atoms in total. The summed E-state index contributed by atoms with van der Waals surface area (Å²) in [4.78, 5) is 30.3. The number of benzene rings is 1. The second-order valence-electron chi connectivity index (χ2n) is 8.77. The van der Waals surface area contributed by atoms with Crippen molar-refractivity contribution in [2.75, 3.05) is 51.5 Å². The molecule has 27 heavy (non-hydrogen) atoms. The predicted octanol–water partition coefficient (Wildman–Crippen LogP) is 3.04. The Labute approximate surface area is 164 Å². The summed E-state index contributed by atoms with van der Waals surface area (Å²) in [5.41, 5.74) is 2.76. The molecule has 0 aliphatic carbocycles. The van der Waals surface area contributed by atoms with Crippen LogP contribution in [0, 0.1) is 5.41 Å². The van der Waals surface area contributed by atoms with Crippen LogP contribution in [0.15, 0.2) is 18.2 Å². The summed E-state index contributed by atoms with van der Waals surface area (Å²) in [7, 11) is 7.95. The van der Waals surface area contributed by atoms with Crippen LogP contribution in [0.1, 0.15) is 39.7 Å². The zero-order chi connectivity index (χ0) is 20.8. The number of nitrogens with zero attached hydrogens (tertiary/aromatic N) is 3. The summed E-state index contributed by atoms with van der Waals surface area (Å²) < 4.78 is 0. The van der Waals surface area contributed by atoms with E-state index in [-0.39, 0.29) is 17.2 Å². The second-order valence-corrected chi connectivity index (χ2v) is 8.77. The molecule has 0 saturated heterocycles. The summed E-state index contributed by atoms with van der Waals surface area (Å²) in [5.74, 6) is 0.0470. The van der Waals surface area contributed by atoms with Gasteiger partial charge in [0.05, 0.1) is 0 Å². The molecule has 0 aliphatic rings. The van der Waals surface area contributed by atoms with Crippen LogP contribution in [0.3, 0.4) is 0 Å². The highest BCUT2D eigenvalue weighted by atomic mass is 16.2. The molecule has 0 unspecified atom stereocenters. The summed E-state index contributed by atoms with van der Waals surface area (Å²) >= 11 is 0. The zero-order valence-corrected chi connectivity index (χ0v) is 18.2. The van der Waals surface area contributed by atoms with E-state index in [1.165, 1.54) is 0 Å². The number of carbonyl (C=O) groups excluding carboxylic acids is 2. The van der Waals surface area contributed by atoms with E-state index in [1.54, 1.807) is 6.92 Å². The lowest BCUT2D eigenvalue weighted by Gasteiger charge is -2.26. The predicted molar refractivity (Wildman–Crippen MR) is 113 cm³/mol. The highest BCUT2D eigenvalue weighted by molar-refractivity contribution is 5.91. The lowest BCUT2D eigenvalue weighted by atomic mass is 9.92. The molecule has 0 bridgehead atoms. The van der Waals surface area contributed by atoms with E-state index in [0.29, 0.717) is 19.5 Å². The lowest BCUT2D eigenvalue weighted by Crippen LogP contribution is -2.35. The molecule has 1 aromatic carbocycles. The topological polar surface area (TPSA) is 55.9 Å². The average Bonchev–Trinajstić information content (AvgIpc) is 2.48. The van der Waals surface area contributed by atoms with Gasteiger partial charge in [0.15, 0.2) is 0 Å². The van der Waals surface area contributed by atoms with Crippen molar-refractivity contribution in [2.45, 2.75) is 40.7 Å². The third kappa shape index (κ3) is 8.43. The normalized spacial score (nSPS) is 11.4. The van der Waals surface area contributed by atoms with E-state index in [1.807, 2.05) is 77.0 Å². The average molecular weight is 377 g/mol. The maximum Gasteiger partial charge on any atom is 0.224 e. The summed E-state index contributed by atoms with van der Waals surface area (Å²) in [6.45, 7) is 9.71. The van der Waals surface area contributed by atoms with Crippen LogP contribution in [0.4, 0.5) is 11.4 Å². The van der Waals surface area contributed by atoms with Gasteiger partial charge in [-0.2, -0.15) is 0 Å². The molecule has 0 heterocycles. The van der Waals surface area contributed by atoms with E-state index in [9.17, 15) is 9.59 Å². The molecular formula is C21H36N4O2. The quantitative estimate of drug-likeness (QED) is 0.758. The molecule has 1 N–H and O–H groups in total. The minimum absolute atomic E-state index is 0.00193. The van der Waals surface area contributed by atoms with Gasteiger partial charge in [-0.15, -0.1) is 0 Å². The SMILES string of the molecule is CC(=O)N(CCN(C)C)Cc1cc(NC(=O)CC(C)(C)C)ccc1N(C)C. The molecule has 6 heteroatoms. The minimum Gasteiger partial charge on any atom is -0.377 e. The van der Waals surface area contributed by atoms with Gasteiger partial charge in [-0.3, -0.25) is 9.59 Å². The maximum absolute atomic E-state index is 12.3. The number of carbonyl (C=O) groups is 2. The molecule has 0 saturated carbocycles. The first-order valence-corrected chi connectivity index (χ1v) is 9.39. The molecule has 2 amide bonds. The molecule has 0 aliphatic heterocycles. The number of nitrogens with one attached hydrogen (secondary N) is 1. The molecule has 0 atom stereocenters. The molecule has 0 fully saturated rings. The van der Waals surface area contributed by atoms with Crippen molar-refractivity contribution in [1.29, 1.82) is 0 Å². The monoisotopic (exact) mass is 376 g/mol. The van der Waals surface area contributed by atoms with Crippen molar-refractivity contribution < 1.29 is 9.59 Å². The van der Waals surface area contributed by atoms with E-state index in [0.717, 1.165) is 23.5 Å². The molecule has 0 spiro atoms. The zero-order valence-electron chi connectivity index (χ0n) is 18.2. The van der Waals surface area contributed by atoms with Crippen LogP contribution in [0.5, 0.6) is 0 Å². The van der Waals surface area contributed by atoms with Crippen LogP contribution in [-0.2, 0) is 16.1 Å². The van der Waals surface area contributed by atoms with Crippen molar-refractivity contribution in [3.05, 3.63) is 23.8 Å². The van der Waals surface area contributed by atoms with Gasteiger partial charge in [-0.1, -0.05) is 20.8 Å². The van der Waals surface area contributed by atoms with Crippen LogP contribution in [0.2, 0.25) is 0 Å². The van der Waals surface area contributed by atoms with Gasteiger partial charge < -0.3 is 20.0 Å². The van der Waals surface area contributed by atoms with Crippen molar-refractivity contribution in [3.8, 4) is 0 Å². The van der Waals surface area contributed by atoms with Crippen molar-refractivity contribution in [1.82, 2.24) is 9.80 Å². The Morgan fingerprint density at radius 2 is 1.67 bits per heavy atom. The molecule has 1 aromatic rings. The number of rotatable bonds is 8. The van der Waals surface area contributed by atoms with Crippen molar-refractivity contribution >= 4 is 23.2 Å². The Kier molecular flexibility index (Phi) is 8.28. The first kappa shape index (κ1) is 23.0. The van der Waals surface area contributed by atoms with E-state index in [2.05, 4.69) is 10.2 Å². The first-order chi connectivity index (χ1) is 12.4. The van der Waals surface area contributed by atoms with Gasteiger partial charge in [-0.05, 0) is 43.3 Å². The Balaban J connectivity index is 3.04. The highest BCUT2D eigenvalue weighted by Gasteiger charge is 2.18. The number of hydrogen-bond acceptors (Lipinski definition) is 4. The largest absolute Gasteiger partial charge is 0.377 e. The Morgan fingerprint density at radius 1 is 1.04 bits per heavy atom. The molecule has 0 aromatic heterocycles. The fourth-order valence-corrected chi connectivity index (χ4v) is 2.79. The standard InChI is InChI=1S/C21H36N4O2/c1-16(26)25(12-11-23(5)6)15-17-13-18(9-10-19(17)24(7)8)22-20(27)14-21(2,3)4/h9-10,13H,11-12,14-15H2,1-8H3,(H,22,27). The molecule has 152 valence electrons. The third-order valence-corrected chi connectivity index (χ3v) is 4.16. The highest BCUT2D eigenvalue weighted by Crippen LogP contribution is 2.26. The Morgan fingerprint density at radius 3 is 2.15 bits per heavy atom. The second kappa shape index (κ2) is 9.74. The summed E-state index contributed by atoms with van der Waals surface area (Å²) in [6.07, 6.45) is 0.459. The van der Waals surface area contributed by atoms with Gasteiger partial charge in [0, 0.05) is 58.4 Å². The van der Waals surface area contributed by atoms with Gasteiger partial charge in [0.2, 0.25) is 11.8 Å². The van der Waals surface area contributed by atoms with Crippen LogP contribution in [-0.4, -0.2) is 62.9 Å². The number of hydrogen-bond donors (Lipinski definition) is 1. The van der Waals surface area contributed by atoms with E-state index in [4.69, 9.17) is 0 Å². The number of amides is 2. The maximum atomic E-state index is 12.3. The first-order valence-electron chi connectivity index (χ1n) is 9.39. The minimum atomic E-state index is -0.0614. The molecule has 0 radical (unpaired) electrons. The Hall–Kier alpha value is -2.08. The van der Waals surface area contributed by atoms with E-state index >= 15 is 0 Å². The number of anilines is 2. The lowest BCUT2D eigenvalue weighted by molar-refractivity contribution is -0.129. The van der Waals surface area contributed by atoms with Crippen LogP contribution < -0.4 is 10.2 Å². The van der Waals surface area contributed by atoms with Crippen molar-refractivity contribution in [3.63, 3.8) is 0 Å². The van der Waals surface area contributed by atoms with Crippen LogP contribution >= 0.6 is 0 Å². The smallest absolute Gasteiger partial charge is 0.224 e. The fraction of sp³-hybridized carbons (Fsp3) is 0.619. The Bertz CT molecular complexity index is 648. The van der Waals surface area contributed by atoms with Gasteiger partial charge in [-0.25, -0.2) is 0 Å².